The minimum Gasteiger partial charge on any atom is -0.356 e. The third-order valence-corrected chi connectivity index (χ3v) is 5.28. The highest BCUT2D eigenvalue weighted by Crippen LogP contribution is 2.15. The predicted octanol–water partition coefficient (Wildman–Crippen LogP) is 2.77. The van der Waals surface area contributed by atoms with E-state index in [1.807, 2.05) is 0 Å². The van der Waals surface area contributed by atoms with Crippen LogP contribution in [0.3, 0.4) is 0 Å². The van der Waals surface area contributed by atoms with Gasteiger partial charge in [-0.05, 0) is 37.0 Å². The third-order valence-electron chi connectivity index (χ3n) is 5.28. The summed E-state index contributed by atoms with van der Waals surface area (Å²) in [4.78, 5) is 31.9. The maximum Gasteiger partial charge on any atom is 0.220 e. The molecule has 6 nitrogen and oxygen atoms in total. The zero-order valence-corrected chi connectivity index (χ0v) is 17.4. The normalized spacial score (nSPS) is 26.3. The molecule has 0 aromatic carbocycles. The molecule has 0 bridgehead atoms. The van der Waals surface area contributed by atoms with Crippen molar-refractivity contribution in [2.45, 2.75) is 78.6 Å². The molecule has 3 heterocycles. The summed E-state index contributed by atoms with van der Waals surface area (Å²) in [6, 6.07) is 0. The summed E-state index contributed by atoms with van der Waals surface area (Å²) in [5.41, 5.74) is 0. The average molecular weight is 382 g/mol. The van der Waals surface area contributed by atoms with Crippen LogP contribution in [-0.2, 0) is 14.4 Å². The molecule has 3 N–H and O–H groups in total. The lowest BCUT2D eigenvalue weighted by molar-refractivity contribution is -0.120. The zero-order chi connectivity index (χ0) is 20.1. The number of nitrogens with one attached hydrogen (secondary N) is 3. The fraction of sp³-hybridized carbons (Fsp3) is 0.857. The lowest BCUT2D eigenvalue weighted by Gasteiger charge is -2.01. The van der Waals surface area contributed by atoms with Crippen LogP contribution in [0.4, 0.5) is 0 Å². The molecule has 3 rings (SSSR count). The van der Waals surface area contributed by atoms with Gasteiger partial charge in [0.15, 0.2) is 0 Å². The van der Waals surface area contributed by atoms with Crippen LogP contribution < -0.4 is 16.0 Å². The molecule has 156 valence electrons. The summed E-state index contributed by atoms with van der Waals surface area (Å²) in [5.74, 6) is 2.57. The quantitative estimate of drug-likeness (QED) is 0.661. The molecule has 0 aliphatic carbocycles. The largest absolute Gasteiger partial charge is 0.356 e. The first-order valence-corrected chi connectivity index (χ1v) is 10.8. The Balaban J connectivity index is 0.000000202. The Morgan fingerprint density at radius 1 is 0.593 bits per heavy atom. The van der Waals surface area contributed by atoms with E-state index in [0.29, 0.717) is 17.8 Å². The molecule has 3 saturated heterocycles. The topological polar surface area (TPSA) is 87.3 Å². The Bertz CT molecular complexity index is 401. The lowest BCUT2D eigenvalue weighted by atomic mass is 10.0. The highest BCUT2D eigenvalue weighted by molar-refractivity contribution is 5.78. The molecular formula is C21H39N3O3. The van der Waals surface area contributed by atoms with Gasteiger partial charge in [-0.2, -0.15) is 0 Å². The van der Waals surface area contributed by atoms with Crippen LogP contribution in [-0.4, -0.2) is 37.4 Å². The van der Waals surface area contributed by atoms with E-state index in [2.05, 4.69) is 36.7 Å². The Morgan fingerprint density at radius 3 is 1.00 bits per heavy atom. The molecule has 3 aliphatic rings. The van der Waals surface area contributed by atoms with E-state index in [-0.39, 0.29) is 17.7 Å². The second-order valence-electron chi connectivity index (χ2n) is 7.99. The van der Waals surface area contributed by atoms with Gasteiger partial charge in [0.25, 0.3) is 0 Å². The molecule has 27 heavy (non-hydrogen) atoms. The molecule has 0 aromatic heterocycles. The summed E-state index contributed by atoms with van der Waals surface area (Å²) in [6.45, 7) is 9.19. The predicted molar refractivity (Wildman–Crippen MR) is 108 cm³/mol. The first kappa shape index (κ1) is 23.4. The van der Waals surface area contributed by atoms with Gasteiger partial charge < -0.3 is 16.0 Å². The van der Waals surface area contributed by atoms with Crippen LogP contribution in [0.1, 0.15) is 78.6 Å². The van der Waals surface area contributed by atoms with E-state index in [0.717, 1.165) is 38.9 Å². The zero-order valence-electron chi connectivity index (χ0n) is 17.4. The van der Waals surface area contributed by atoms with E-state index in [1.165, 1.54) is 38.5 Å². The fourth-order valence-electron chi connectivity index (χ4n) is 3.83. The van der Waals surface area contributed by atoms with Gasteiger partial charge in [0, 0.05) is 38.9 Å². The molecular weight excluding hydrogens is 342 g/mol. The van der Waals surface area contributed by atoms with Crippen molar-refractivity contribution in [2.24, 2.45) is 17.8 Å². The molecule has 0 saturated carbocycles. The van der Waals surface area contributed by atoms with Crippen molar-refractivity contribution in [1.82, 2.24) is 16.0 Å². The van der Waals surface area contributed by atoms with Gasteiger partial charge in [-0.15, -0.1) is 0 Å². The van der Waals surface area contributed by atoms with Crippen molar-refractivity contribution in [3.63, 3.8) is 0 Å². The number of hydrogen-bond donors (Lipinski definition) is 3. The maximum absolute atomic E-state index is 10.6. The number of carbonyl (C=O) groups is 3. The summed E-state index contributed by atoms with van der Waals surface area (Å²) in [5, 5.41) is 8.45. The summed E-state index contributed by atoms with van der Waals surface area (Å²) < 4.78 is 0. The van der Waals surface area contributed by atoms with Gasteiger partial charge in [-0.3, -0.25) is 14.4 Å². The van der Waals surface area contributed by atoms with Crippen LogP contribution in [0.25, 0.3) is 0 Å². The minimum absolute atomic E-state index is 0.230. The highest BCUT2D eigenvalue weighted by Gasteiger charge is 2.20. The van der Waals surface area contributed by atoms with Crippen LogP contribution >= 0.6 is 0 Å². The minimum atomic E-state index is 0.230. The summed E-state index contributed by atoms with van der Waals surface area (Å²) in [7, 11) is 0. The second-order valence-corrected chi connectivity index (χ2v) is 7.99. The lowest BCUT2D eigenvalue weighted by Crippen LogP contribution is -2.13. The van der Waals surface area contributed by atoms with Crippen LogP contribution in [0.5, 0.6) is 0 Å². The van der Waals surface area contributed by atoms with Crippen LogP contribution in [0, 0.1) is 17.8 Å². The fourth-order valence-corrected chi connectivity index (χ4v) is 3.83. The van der Waals surface area contributed by atoms with Gasteiger partial charge in [-0.25, -0.2) is 0 Å². The van der Waals surface area contributed by atoms with Crippen LogP contribution in [0.2, 0.25) is 0 Å². The summed E-state index contributed by atoms with van der Waals surface area (Å²) >= 11 is 0. The monoisotopic (exact) mass is 381 g/mol. The Hall–Kier alpha value is -1.59. The second kappa shape index (κ2) is 13.6. The molecule has 3 aliphatic heterocycles. The van der Waals surface area contributed by atoms with Crippen molar-refractivity contribution < 1.29 is 14.4 Å². The Labute approximate surface area is 164 Å². The van der Waals surface area contributed by atoms with E-state index in [1.54, 1.807) is 0 Å². The van der Waals surface area contributed by atoms with Crippen molar-refractivity contribution in [2.75, 3.05) is 19.6 Å². The first-order valence-electron chi connectivity index (χ1n) is 10.8. The average Bonchev–Trinajstić information content (AvgIpc) is 3.33. The molecule has 3 amide bonds. The number of hydrogen-bond acceptors (Lipinski definition) is 3. The number of amides is 3. The smallest absolute Gasteiger partial charge is 0.220 e. The third kappa shape index (κ3) is 10.4. The molecule has 0 aromatic rings. The van der Waals surface area contributed by atoms with Gasteiger partial charge in [0.2, 0.25) is 17.7 Å². The highest BCUT2D eigenvalue weighted by atomic mass is 16.2. The Kier molecular flexibility index (Phi) is 11.8. The van der Waals surface area contributed by atoms with Crippen LogP contribution in [0.15, 0.2) is 0 Å². The molecule has 0 radical (unpaired) electrons. The van der Waals surface area contributed by atoms with E-state index in [4.69, 9.17) is 0 Å². The van der Waals surface area contributed by atoms with E-state index in [9.17, 15) is 14.4 Å². The Morgan fingerprint density at radius 2 is 0.852 bits per heavy atom. The van der Waals surface area contributed by atoms with E-state index < -0.39 is 0 Å². The van der Waals surface area contributed by atoms with E-state index >= 15 is 0 Å². The standard InChI is InChI=1S/3C7H13NO/c3*1-2-3-6-4-7(9)8-5-6/h3*6H,2-5H2,1H3,(H,8,9)/t2*6-;/m10./s1. The summed E-state index contributed by atoms with van der Waals surface area (Å²) in [6.07, 6.45) is 9.44. The maximum atomic E-state index is 10.6. The molecule has 6 heteroatoms. The van der Waals surface area contributed by atoms with Gasteiger partial charge in [0.05, 0.1) is 0 Å². The molecule has 3 fully saturated rings. The van der Waals surface area contributed by atoms with Gasteiger partial charge >= 0.3 is 0 Å². The number of carbonyl (C=O) groups excluding carboxylic acids is 3. The van der Waals surface area contributed by atoms with Crippen molar-refractivity contribution in [1.29, 1.82) is 0 Å². The first-order chi connectivity index (χ1) is 13.0. The van der Waals surface area contributed by atoms with Gasteiger partial charge in [0.1, 0.15) is 0 Å². The SMILES string of the molecule is CCCC1CNC(=O)C1.CCC[C@@H]1CNC(=O)C1.CCC[C@H]1CNC(=O)C1. The van der Waals surface area contributed by atoms with Gasteiger partial charge in [-0.1, -0.05) is 40.0 Å². The van der Waals surface area contributed by atoms with Crippen molar-refractivity contribution >= 4 is 17.7 Å². The number of rotatable bonds is 6. The van der Waals surface area contributed by atoms with Crippen molar-refractivity contribution in [3.8, 4) is 0 Å². The van der Waals surface area contributed by atoms with Crippen molar-refractivity contribution in [3.05, 3.63) is 0 Å². The molecule has 1 unspecified atom stereocenters. The molecule has 0 spiro atoms. The molecule has 3 atom stereocenters.